The number of hydrogen-bond acceptors (Lipinski definition) is 9. The molecule has 4 aromatic rings. The molecule has 10 heteroatoms. The molecule has 2 heterocycles. The molecule has 0 bridgehead atoms. The molecule has 1 aromatic heterocycles. The van der Waals surface area contributed by atoms with Crippen LogP contribution < -0.4 is 23.8 Å². The van der Waals surface area contributed by atoms with Gasteiger partial charge in [-0.3, -0.25) is 14.5 Å². The molecule has 1 unspecified atom stereocenters. The molecule has 1 amide bonds. The second-order valence-electron chi connectivity index (χ2n) is 10.6. The van der Waals surface area contributed by atoms with Gasteiger partial charge >= 0.3 is 5.91 Å². The number of nitrogens with zero attached hydrogens (tertiary/aromatic N) is 2. The molecule has 0 spiro atoms. The van der Waals surface area contributed by atoms with Gasteiger partial charge in [-0.1, -0.05) is 31.3 Å². The normalized spacial score (nSPS) is 16.1. The molecule has 9 nitrogen and oxygen atoms in total. The molecule has 1 atom stereocenters. The number of anilines is 1. The number of carbonyl (C=O) groups excluding carboxylic acids is 2. The SMILES string of the molecule is CCOc1ccc2nc(N3C(=O)C(=O)C(=C(O)c4ccc(OC)cc4)C3c3ccc(OCCC(C)C)c(OCC)c3)sc2c1. The number of methoxy groups -OCH3 is 1. The fourth-order valence-corrected chi connectivity index (χ4v) is 6.01. The first-order chi connectivity index (χ1) is 21.2. The van der Waals surface area contributed by atoms with Gasteiger partial charge in [-0.05, 0) is 86.3 Å². The number of hydrogen-bond donors (Lipinski definition) is 1. The van der Waals surface area contributed by atoms with Crippen molar-refractivity contribution in [3.05, 3.63) is 77.4 Å². The lowest BCUT2D eigenvalue weighted by Gasteiger charge is -2.24. The molecule has 44 heavy (non-hydrogen) atoms. The number of Topliss-reactive ketones (excluding diaryl/α,β-unsaturated/α-hetero) is 1. The Hall–Kier alpha value is -4.57. The number of carbonyl (C=O) groups is 2. The van der Waals surface area contributed by atoms with Crippen LogP contribution in [-0.4, -0.2) is 48.7 Å². The molecule has 1 saturated heterocycles. The van der Waals surface area contributed by atoms with Crippen LogP contribution in [0.5, 0.6) is 23.0 Å². The highest BCUT2D eigenvalue weighted by Gasteiger charge is 2.48. The lowest BCUT2D eigenvalue weighted by Crippen LogP contribution is -2.29. The van der Waals surface area contributed by atoms with Crippen molar-refractivity contribution in [2.75, 3.05) is 31.8 Å². The first-order valence-electron chi connectivity index (χ1n) is 14.6. The zero-order valence-electron chi connectivity index (χ0n) is 25.5. The topological polar surface area (TPSA) is 107 Å². The third kappa shape index (κ3) is 6.21. The largest absolute Gasteiger partial charge is 0.507 e. The van der Waals surface area contributed by atoms with E-state index in [4.69, 9.17) is 23.9 Å². The van der Waals surface area contributed by atoms with Gasteiger partial charge in [0.25, 0.3) is 5.78 Å². The van der Waals surface area contributed by atoms with E-state index in [1.807, 2.05) is 32.0 Å². The highest BCUT2D eigenvalue weighted by molar-refractivity contribution is 7.22. The smallest absolute Gasteiger partial charge is 0.301 e. The molecule has 1 N–H and O–H groups in total. The van der Waals surface area contributed by atoms with E-state index >= 15 is 0 Å². The monoisotopic (exact) mass is 616 g/mol. The summed E-state index contributed by atoms with van der Waals surface area (Å²) in [7, 11) is 1.54. The molecular weight excluding hydrogens is 580 g/mol. The fraction of sp³-hybridized carbons (Fsp3) is 0.324. The summed E-state index contributed by atoms with van der Waals surface area (Å²) in [5, 5.41) is 11.9. The third-order valence-corrected chi connectivity index (χ3v) is 8.23. The first-order valence-corrected chi connectivity index (χ1v) is 15.5. The average Bonchev–Trinajstić information content (AvgIpc) is 3.55. The molecule has 0 radical (unpaired) electrons. The van der Waals surface area contributed by atoms with Crippen LogP contribution in [0.2, 0.25) is 0 Å². The highest BCUT2D eigenvalue weighted by Crippen LogP contribution is 2.46. The van der Waals surface area contributed by atoms with Crippen LogP contribution in [-0.2, 0) is 9.59 Å². The van der Waals surface area contributed by atoms with Crippen molar-refractivity contribution in [1.82, 2.24) is 4.98 Å². The Kier molecular flexibility index (Phi) is 9.39. The molecule has 1 aliphatic heterocycles. The predicted octanol–water partition coefficient (Wildman–Crippen LogP) is 7.15. The zero-order chi connectivity index (χ0) is 31.4. The number of fused-ring (bicyclic) bond motifs is 1. The van der Waals surface area contributed by atoms with Gasteiger partial charge in [-0.15, -0.1) is 0 Å². The van der Waals surface area contributed by atoms with Crippen LogP contribution in [0.25, 0.3) is 16.0 Å². The summed E-state index contributed by atoms with van der Waals surface area (Å²) < 4.78 is 23.7. The molecule has 1 aliphatic rings. The van der Waals surface area contributed by atoms with Crippen LogP contribution in [0.15, 0.2) is 66.2 Å². The number of aromatic nitrogens is 1. The number of ether oxygens (including phenoxy) is 4. The maximum Gasteiger partial charge on any atom is 0.301 e. The second-order valence-corrected chi connectivity index (χ2v) is 11.6. The van der Waals surface area contributed by atoms with Crippen molar-refractivity contribution < 1.29 is 33.6 Å². The van der Waals surface area contributed by atoms with E-state index in [9.17, 15) is 14.7 Å². The van der Waals surface area contributed by atoms with Crippen molar-refractivity contribution >= 4 is 44.1 Å². The number of aliphatic hydroxyl groups is 1. The molecular formula is C34H36N2O7S. The number of rotatable bonds is 12. The number of ketones is 1. The Labute approximate surface area is 260 Å². The van der Waals surface area contributed by atoms with E-state index in [0.717, 1.165) is 11.1 Å². The minimum atomic E-state index is -0.979. The van der Waals surface area contributed by atoms with Crippen molar-refractivity contribution in [2.45, 2.75) is 40.2 Å². The number of aliphatic hydroxyl groups excluding tert-OH is 1. The predicted molar refractivity (Wildman–Crippen MR) is 171 cm³/mol. The number of amides is 1. The Morgan fingerprint density at radius 2 is 1.66 bits per heavy atom. The highest BCUT2D eigenvalue weighted by atomic mass is 32.1. The van der Waals surface area contributed by atoms with Gasteiger partial charge < -0.3 is 24.1 Å². The fourth-order valence-electron chi connectivity index (χ4n) is 4.99. The van der Waals surface area contributed by atoms with Gasteiger partial charge in [0.15, 0.2) is 16.6 Å². The van der Waals surface area contributed by atoms with E-state index in [0.29, 0.717) is 70.5 Å². The van der Waals surface area contributed by atoms with Crippen LogP contribution in [0.4, 0.5) is 5.13 Å². The van der Waals surface area contributed by atoms with E-state index in [-0.39, 0.29) is 11.3 Å². The minimum absolute atomic E-state index is 0.0506. The van der Waals surface area contributed by atoms with Crippen LogP contribution >= 0.6 is 11.3 Å². The van der Waals surface area contributed by atoms with Gasteiger partial charge in [-0.2, -0.15) is 0 Å². The summed E-state index contributed by atoms with van der Waals surface area (Å²) >= 11 is 1.27. The Balaban J connectivity index is 1.66. The maximum atomic E-state index is 13.8. The van der Waals surface area contributed by atoms with Crippen LogP contribution in [0, 0.1) is 5.92 Å². The van der Waals surface area contributed by atoms with Gasteiger partial charge in [-0.25, -0.2) is 4.98 Å². The van der Waals surface area contributed by atoms with E-state index in [1.165, 1.54) is 16.2 Å². The Morgan fingerprint density at radius 1 is 0.932 bits per heavy atom. The number of thiazole rings is 1. The van der Waals surface area contributed by atoms with E-state index < -0.39 is 17.7 Å². The van der Waals surface area contributed by atoms with Crippen molar-refractivity contribution in [3.8, 4) is 23.0 Å². The minimum Gasteiger partial charge on any atom is -0.507 e. The van der Waals surface area contributed by atoms with Crippen LogP contribution in [0.1, 0.15) is 51.3 Å². The van der Waals surface area contributed by atoms with E-state index in [2.05, 4.69) is 13.8 Å². The van der Waals surface area contributed by atoms with Gasteiger partial charge in [0.1, 0.15) is 17.3 Å². The third-order valence-electron chi connectivity index (χ3n) is 7.21. The molecule has 230 valence electrons. The molecule has 5 rings (SSSR count). The van der Waals surface area contributed by atoms with Crippen LogP contribution in [0.3, 0.4) is 0 Å². The molecule has 0 saturated carbocycles. The lowest BCUT2D eigenvalue weighted by molar-refractivity contribution is -0.132. The van der Waals surface area contributed by atoms with E-state index in [1.54, 1.807) is 49.6 Å². The van der Waals surface area contributed by atoms with Crippen molar-refractivity contribution in [2.24, 2.45) is 5.92 Å². The molecule has 1 fully saturated rings. The van der Waals surface area contributed by atoms with Gasteiger partial charge in [0.2, 0.25) is 0 Å². The summed E-state index contributed by atoms with van der Waals surface area (Å²) in [6.45, 7) is 9.44. The first kappa shape index (κ1) is 30.9. The average molecular weight is 617 g/mol. The second kappa shape index (κ2) is 13.4. The summed E-state index contributed by atoms with van der Waals surface area (Å²) in [6.07, 6.45) is 0.873. The zero-order valence-corrected chi connectivity index (χ0v) is 26.3. The quantitative estimate of drug-likeness (QED) is 0.102. The summed E-state index contributed by atoms with van der Waals surface area (Å²) in [6, 6.07) is 16.5. The Bertz CT molecular complexity index is 1690. The number of benzene rings is 3. The van der Waals surface area contributed by atoms with Crippen molar-refractivity contribution in [3.63, 3.8) is 0 Å². The lowest BCUT2D eigenvalue weighted by atomic mass is 9.95. The standard InChI is InChI=1S/C34H36N2O7S/c1-6-41-24-13-14-25-28(19-24)44-34(35-25)36-30(22-10-15-26(27(18-22)42-7-2)43-17-16-20(3)4)29(32(38)33(36)39)31(37)21-8-11-23(40-5)12-9-21/h8-15,18-20,30,37H,6-7,16-17H2,1-5H3. The maximum absolute atomic E-state index is 13.8. The van der Waals surface area contributed by atoms with Crippen molar-refractivity contribution in [1.29, 1.82) is 0 Å². The van der Waals surface area contributed by atoms with Gasteiger partial charge in [0, 0.05) is 5.56 Å². The molecule has 0 aliphatic carbocycles. The Morgan fingerprint density at radius 3 is 2.34 bits per heavy atom. The summed E-state index contributed by atoms with van der Waals surface area (Å²) in [4.78, 5) is 33.5. The molecule has 3 aromatic carbocycles. The summed E-state index contributed by atoms with van der Waals surface area (Å²) in [5.74, 6) is 0.893. The summed E-state index contributed by atoms with van der Waals surface area (Å²) in [5.41, 5.74) is 1.55. The van der Waals surface area contributed by atoms with Gasteiger partial charge in [0.05, 0.1) is 48.8 Å².